The first-order valence-electron chi connectivity index (χ1n) is 8.07. The van der Waals surface area contributed by atoms with Crippen LogP contribution in [0.15, 0.2) is 24.3 Å². The van der Waals surface area contributed by atoms with Crippen LogP contribution in [0.4, 0.5) is 8.78 Å². The van der Waals surface area contributed by atoms with E-state index in [9.17, 15) is 18.4 Å². The average Bonchev–Trinajstić information content (AvgIpc) is 2.61. The Kier molecular flexibility index (Phi) is 6.69. The Hall–Kier alpha value is -2.22. The summed E-state index contributed by atoms with van der Waals surface area (Å²) in [5, 5.41) is 2.47. The van der Waals surface area contributed by atoms with Gasteiger partial charge in [-0.3, -0.25) is 9.59 Å². The zero-order valence-corrected chi connectivity index (χ0v) is 14.1. The van der Waals surface area contributed by atoms with Gasteiger partial charge in [-0.15, -0.1) is 0 Å². The topological polar surface area (TPSA) is 67.9 Å². The van der Waals surface area contributed by atoms with E-state index in [1.54, 1.807) is 0 Å². The average molecular weight is 356 g/mol. The van der Waals surface area contributed by atoms with Gasteiger partial charge in [0.15, 0.2) is 6.61 Å². The summed E-state index contributed by atoms with van der Waals surface area (Å²) >= 11 is 0. The number of halogens is 2. The van der Waals surface area contributed by atoms with Gasteiger partial charge in [0.05, 0.1) is 13.2 Å². The third-order valence-electron chi connectivity index (χ3n) is 3.97. The maximum absolute atomic E-state index is 14.9. The van der Waals surface area contributed by atoms with Crippen molar-refractivity contribution in [2.24, 2.45) is 0 Å². The molecule has 1 unspecified atom stereocenters. The van der Waals surface area contributed by atoms with Crippen LogP contribution in [-0.4, -0.2) is 62.3 Å². The summed E-state index contributed by atoms with van der Waals surface area (Å²) in [4.78, 5) is 25.5. The van der Waals surface area contributed by atoms with E-state index >= 15 is 0 Å². The second-order valence-corrected chi connectivity index (χ2v) is 5.88. The summed E-state index contributed by atoms with van der Waals surface area (Å²) in [6, 6.07) is 5.25. The lowest BCUT2D eigenvalue weighted by Crippen LogP contribution is -2.56. The van der Waals surface area contributed by atoms with E-state index in [1.807, 2.05) is 0 Å². The number of ether oxygens (including phenoxy) is 2. The van der Waals surface area contributed by atoms with Crippen LogP contribution in [0.2, 0.25) is 0 Å². The van der Waals surface area contributed by atoms with Crippen molar-refractivity contribution in [2.75, 3.05) is 40.0 Å². The van der Waals surface area contributed by atoms with Crippen molar-refractivity contribution in [3.63, 3.8) is 0 Å². The molecule has 1 N–H and O–H groups in total. The Labute approximate surface area is 145 Å². The van der Waals surface area contributed by atoms with E-state index in [0.717, 1.165) is 0 Å². The number of benzene rings is 1. The van der Waals surface area contributed by atoms with E-state index in [0.29, 0.717) is 18.7 Å². The number of carbonyl (C=O) groups excluding carboxylic acids is 2. The van der Waals surface area contributed by atoms with Crippen molar-refractivity contribution >= 4 is 11.8 Å². The molecule has 1 aromatic carbocycles. The number of nitrogens with one attached hydrogen (secondary N) is 1. The molecule has 1 fully saturated rings. The van der Waals surface area contributed by atoms with Gasteiger partial charge in [0.1, 0.15) is 11.6 Å². The normalized spacial score (nSPS) is 20.2. The van der Waals surface area contributed by atoms with Gasteiger partial charge in [-0.25, -0.2) is 8.78 Å². The lowest BCUT2D eigenvalue weighted by molar-refractivity contribution is -0.144. The molecule has 2 amide bonds. The molecule has 1 aliphatic heterocycles. The second-order valence-electron chi connectivity index (χ2n) is 5.88. The first kappa shape index (κ1) is 19.1. The molecule has 6 nitrogen and oxygen atoms in total. The van der Waals surface area contributed by atoms with Crippen LogP contribution in [0.1, 0.15) is 12.8 Å². The first-order valence-corrected chi connectivity index (χ1v) is 8.07. The van der Waals surface area contributed by atoms with E-state index < -0.39 is 23.3 Å². The molecule has 1 heterocycles. The number of hydrogen-bond acceptors (Lipinski definition) is 4. The van der Waals surface area contributed by atoms with Crippen molar-refractivity contribution in [2.45, 2.75) is 18.5 Å². The molecule has 0 spiro atoms. The molecule has 1 atom stereocenters. The number of hydrogen-bond donors (Lipinski definition) is 1. The van der Waals surface area contributed by atoms with E-state index in [1.165, 1.54) is 36.3 Å². The van der Waals surface area contributed by atoms with E-state index in [2.05, 4.69) is 5.32 Å². The van der Waals surface area contributed by atoms with Crippen molar-refractivity contribution < 1.29 is 27.8 Å². The van der Waals surface area contributed by atoms with Gasteiger partial charge < -0.3 is 19.7 Å². The highest BCUT2D eigenvalue weighted by atomic mass is 19.1. The molecule has 2 rings (SSSR count). The van der Waals surface area contributed by atoms with Crippen LogP contribution in [0, 0.1) is 5.82 Å². The quantitative estimate of drug-likeness (QED) is 0.748. The van der Waals surface area contributed by atoms with Crippen molar-refractivity contribution in [1.29, 1.82) is 0 Å². The molecule has 0 radical (unpaired) electrons. The van der Waals surface area contributed by atoms with Crippen LogP contribution >= 0.6 is 0 Å². The van der Waals surface area contributed by atoms with Gasteiger partial charge in [0, 0.05) is 20.2 Å². The SMILES string of the molecule is COCCNC(=O)C1(F)CCCN(C(=O)COc2ccc(F)cc2)C1. The zero-order valence-electron chi connectivity index (χ0n) is 14.1. The summed E-state index contributed by atoms with van der Waals surface area (Å²) in [6.45, 7) is 0.256. The lowest BCUT2D eigenvalue weighted by Gasteiger charge is -2.36. The Morgan fingerprint density at radius 1 is 1.32 bits per heavy atom. The van der Waals surface area contributed by atoms with Crippen molar-refractivity contribution in [3.8, 4) is 5.75 Å². The predicted molar refractivity (Wildman–Crippen MR) is 86.4 cm³/mol. The van der Waals surface area contributed by atoms with Gasteiger partial charge in [-0.1, -0.05) is 0 Å². The zero-order chi connectivity index (χ0) is 18.3. The number of alkyl halides is 1. The van der Waals surface area contributed by atoms with Crippen molar-refractivity contribution in [3.05, 3.63) is 30.1 Å². The van der Waals surface area contributed by atoms with Crippen LogP contribution < -0.4 is 10.1 Å². The predicted octanol–water partition coefficient (Wildman–Crippen LogP) is 1.30. The Bertz CT molecular complexity index is 597. The number of nitrogens with zero attached hydrogens (tertiary/aromatic N) is 1. The summed E-state index contributed by atoms with van der Waals surface area (Å²) in [5.41, 5.74) is -2.11. The number of methoxy groups -OCH3 is 1. The fraction of sp³-hybridized carbons (Fsp3) is 0.529. The van der Waals surface area contributed by atoms with Gasteiger partial charge in [0.25, 0.3) is 11.8 Å². The van der Waals surface area contributed by atoms with Gasteiger partial charge in [-0.2, -0.15) is 0 Å². The summed E-state index contributed by atoms with van der Waals surface area (Å²) in [6.07, 6.45) is 0.449. The molecule has 0 aliphatic carbocycles. The smallest absolute Gasteiger partial charge is 0.260 e. The summed E-state index contributed by atoms with van der Waals surface area (Å²) in [5.74, 6) is -1.22. The number of carbonyl (C=O) groups is 2. The molecular weight excluding hydrogens is 334 g/mol. The number of rotatable bonds is 7. The number of piperidine rings is 1. The Balaban J connectivity index is 1.87. The van der Waals surface area contributed by atoms with Crippen LogP contribution in [0.5, 0.6) is 5.75 Å². The molecule has 8 heteroatoms. The first-order chi connectivity index (χ1) is 11.9. The summed E-state index contributed by atoms with van der Waals surface area (Å²) in [7, 11) is 1.49. The third kappa shape index (κ3) is 5.38. The maximum Gasteiger partial charge on any atom is 0.260 e. The highest BCUT2D eigenvalue weighted by Gasteiger charge is 2.43. The Morgan fingerprint density at radius 3 is 2.72 bits per heavy atom. The van der Waals surface area contributed by atoms with Crippen LogP contribution in [0.25, 0.3) is 0 Å². The Morgan fingerprint density at radius 2 is 2.04 bits per heavy atom. The molecule has 1 aromatic rings. The minimum absolute atomic E-state index is 0.0639. The fourth-order valence-electron chi connectivity index (χ4n) is 2.60. The van der Waals surface area contributed by atoms with Crippen LogP contribution in [-0.2, 0) is 14.3 Å². The molecule has 138 valence electrons. The largest absolute Gasteiger partial charge is 0.484 e. The summed E-state index contributed by atoms with van der Waals surface area (Å²) < 4.78 is 37.8. The van der Waals surface area contributed by atoms with Gasteiger partial charge in [0.2, 0.25) is 5.67 Å². The standard InChI is InChI=1S/C17H22F2N2O4/c1-24-10-8-20-16(23)17(19)7-2-9-21(12-17)15(22)11-25-14-5-3-13(18)4-6-14/h3-6H,2,7-12H2,1H3,(H,20,23). The molecule has 0 aromatic heterocycles. The number of amides is 2. The molecule has 1 aliphatic rings. The second kappa shape index (κ2) is 8.75. The van der Waals surface area contributed by atoms with E-state index in [-0.39, 0.29) is 32.7 Å². The fourth-order valence-corrected chi connectivity index (χ4v) is 2.60. The third-order valence-corrected chi connectivity index (χ3v) is 3.97. The van der Waals surface area contributed by atoms with Gasteiger partial charge >= 0.3 is 0 Å². The molecule has 1 saturated heterocycles. The van der Waals surface area contributed by atoms with E-state index in [4.69, 9.17) is 9.47 Å². The highest BCUT2D eigenvalue weighted by molar-refractivity contribution is 5.87. The molecular formula is C17H22F2N2O4. The molecule has 0 bridgehead atoms. The molecule has 0 saturated carbocycles. The van der Waals surface area contributed by atoms with Crippen molar-refractivity contribution in [1.82, 2.24) is 10.2 Å². The lowest BCUT2D eigenvalue weighted by atomic mass is 9.93. The minimum Gasteiger partial charge on any atom is -0.484 e. The minimum atomic E-state index is -2.11. The van der Waals surface area contributed by atoms with Crippen LogP contribution in [0.3, 0.4) is 0 Å². The molecule has 25 heavy (non-hydrogen) atoms. The number of likely N-dealkylation sites (tertiary alicyclic amines) is 1. The monoisotopic (exact) mass is 356 g/mol. The van der Waals surface area contributed by atoms with Gasteiger partial charge in [-0.05, 0) is 37.1 Å². The highest BCUT2D eigenvalue weighted by Crippen LogP contribution is 2.26. The maximum atomic E-state index is 14.9.